The number of rotatable bonds is 5. The molecule has 4 nitrogen and oxygen atoms in total. The highest BCUT2D eigenvalue weighted by Gasteiger charge is 1.96. The number of carbonyl (C=O) groups excluding carboxylic acids is 1. The van der Waals surface area contributed by atoms with Gasteiger partial charge in [-0.05, 0) is 24.6 Å². The molecule has 4 heteroatoms. The van der Waals surface area contributed by atoms with E-state index in [1.165, 1.54) is 6.21 Å². The maximum Gasteiger partial charge on any atom is 0.348 e. The Morgan fingerprint density at radius 3 is 3.00 bits per heavy atom. The number of esters is 1. The molecular weight excluding hydrogens is 206 g/mol. The first-order valence-electron chi connectivity index (χ1n) is 5.05. The molecule has 16 heavy (non-hydrogen) atoms. The number of benzene rings is 1. The molecule has 0 amide bonds. The van der Waals surface area contributed by atoms with E-state index >= 15 is 0 Å². The summed E-state index contributed by atoms with van der Waals surface area (Å²) in [7, 11) is 1.61. The maximum absolute atomic E-state index is 11.0. The summed E-state index contributed by atoms with van der Waals surface area (Å²) in [6, 6.07) is 7.54. The second-order valence-corrected chi connectivity index (χ2v) is 3.07. The lowest BCUT2D eigenvalue weighted by molar-refractivity contribution is -0.134. The fraction of sp³-hybridized carbons (Fsp3) is 0.333. The van der Waals surface area contributed by atoms with Crippen molar-refractivity contribution in [1.82, 2.24) is 0 Å². The third kappa shape index (κ3) is 4.13. The average molecular weight is 221 g/mol. The summed E-state index contributed by atoms with van der Waals surface area (Å²) in [6.45, 7) is 2.56. The molecule has 0 bridgehead atoms. The molecular formula is C12H15NO3. The fourth-order valence-electron chi connectivity index (χ4n) is 1.18. The molecule has 1 aromatic carbocycles. The van der Waals surface area contributed by atoms with Gasteiger partial charge in [0.25, 0.3) is 0 Å². The van der Waals surface area contributed by atoms with Crippen LogP contribution >= 0.6 is 0 Å². The van der Waals surface area contributed by atoms with E-state index < -0.39 is 5.97 Å². The smallest absolute Gasteiger partial charge is 0.348 e. The highest BCUT2D eigenvalue weighted by Crippen LogP contribution is 2.12. The summed E-state index contributed by atoms with van der Waals surface area (Å²) in [5.74, 6) is 0.370. The van der Waals surface area contributed by atoms with Crippen molar-refractivity contribution in [2.24, 2.45) is 4.99 Å². The van der Waals surface area contributed by atoms with Crippen LogP contribution in [0.25, 0.3) is 0 Å². The van der Waals surface area contributed by atoms with Gasteiger partial charge in [-0.1, -0.05) is 12.1 Å². The zero-order valence-electron chi connectivity index (χ0n) is 9.47. The van der Waals surface area contributed by atoms with Crippen LogP contribution < -0.4 is 4.74 Å². The quantitative estimate of drug-likeness (QED) is 0.563. The van der Waals surface area contributed by atoms with Gasteiger partial charge in [-0.15, -0.1) is 0 Å². The summed E-state index contributed by atoms with van der Waals surface area (Å²) < 4.78 is 9.79. The molecule has 0 aromatic heterocycles. The molecule has 0 saturated carbocycles. The molecule has 0 N–H and O–H groups in total. The van der Waals surface area contributed by atoms with Crippen LogP contribution in [-0.2, 0) is 16.1 Å². The second-order valence-electron chi connectivity index (χ2n) is 3.07. The lowest BCUT2D eigenvalue weighted by Gasteiger charge is -2.01. The molecule has 86 valence electrons. The zero-order valence-corrected chi connectivity index (χ0v) is 9.47. The van der Waals surface area contributed by atoms with Gasteiger partial charge in [-0.3, -0.25) is 4.99 Å². The number of carbonyl (C=O) groups is 1. The van der Waals surface area contributed by atoms with Crippen LogP contribution in [0.4, 0.5) is 0 Å². The Bertz CT molecular complexity index is 374. The number of nitrogens with zero attached hydrogens (tertiary/aromatic N) is 1. The first-order chi connectivity index (χ1) is 7.76. The van der Waals surface area contributed by atoms with Gasteiger partial charge in [0.15, 0.2) is 0 Å². The molecule has 0 aliphatic heterocycles. The molecule has 0 radical (unpaired) electrons. The topological polar surface area (TPSA) is 47.9 Å². The molecule has 0 saturated heterocycles. The van der Waals surface area contributed by atoms with Gasteiger partial charge in [0.05, 0.1) is 20.3 Å². The third-order valence-electron chi connectivity index (χ3n) is 1.89. The molecule has 1 rings (SSSR count). The van der Waals surface area contributed by atoms with Gasteiger partial charge < -0.3 is 9.47 Å². The van der Waals surface area contributed by atoms with Gasteiger partial charge in [0.2, 0.25) is 0 Å². The summed E-state index contributed by atoms with van der Waals surface area (Å²) in [5, 5.41) is 0. The molecule has 0 spiro atoms. The van der Waals surface area contributed by atoms with Crippen LogP contribution in [0.15, 0.2) is 29.3 Å². The number of methoxy groups -OCH3 is 1. The predicted octanol–water partition coefficient (Wildman–Crippen LogP) is 1.83. The summed E-state index contributed by atoms with van der Waals surface area (Å²) in [6.07, 6.45) is 1.20. The molecule has 0 atom stereocenters. The number of hydrogen-bond donors (Lipinski definition) is 0. The van der Waals surface area contributed by atoms with Crippen molar-refractivity contribution >= 4 is 12.2 Å². The first kappa shape index (κ1) is 12.2. The van der Waals surface area contributed by atoms with Gasteiger partial charge in [-0.2, -0.15) is 0 Å². The SMILES string of the molecule is CCOC(=O)C=NCc1cccc(OC)c1. The van der Waals surface area contributed by atoms with E-state index in [1.807, 2.05) is 24.3 Å². The van der Waals surface area contributed by atoms with Crippen molar-refractivity contribution < 1.29 is 14.3 Å². The van der Waals surface area contributed by atoms with Gasteiger partial charge in [0.1, 0.15) is 12.0 Å². The normalized spacial score (nSPS) is 10.4. The van der Waals surface area contributed by atoms with E-state index in [1.54, 1.807) is 14.0 Å². The van der Waals surface area contributed by atoms with Crippen molar-refractivity contribution in [2.75, 3.05) is 13.7 Å². The maximum atomic E-state index is 11.0. The van der Waals surface area contributed by atoms with Crippen molar-refractivity contribution in [1.29, 1.82) is 0 Å². The molecule has 0 aliphatic carbocycles. The number of ether oxygens (including phenoxy) is 2. The highest BCUT2D eigenvalue weighted by molar-refractivity contribution is 6.23. The summed E-state index contributed by atoms with van der Waals surface area (Å²) in [4.78, 5) is 14.9. The minimum Gasteiger partial charge on any atom is -0.497 e. The monoisotopic (exact) mass is 221 g/mol. The van der Waals surface area contributed by atoms with Crippen LogP contribution in [-0.4, -0.2) is 25.9 Å². The predicted molar refractivity (Wildman–Crippen MR) is 61.8 cm³/mol. The van der Waals surface area contributed by atoms with Crippen LogP contribution in [0.5, 0.6) is 5.75 Å². The average Bonchev–Trinajstić information content (AvgIpc) is 2.30. The van der Waals surface area contributed by atoms with Gasteiger partial charge >= 0.3 is 5.97 Å². The van der Waals surface area contributed by atoms with E-state index in [0.29, 0.717) is 13.2 Å². The Morgan fingerprint density at radius 1 is 1.50 bits per heavy atom. The summed E-state index contributed by atoms with van der Waals surface area (Å²) >= 11 is 0. The van der Waals surface area contributed by atoms with Crippen molar-refractivity contribution in [3.63, 3.8) is 0 Å². The Labute approximate surface area is 94.9 Å². The Hall–Kier alpha value is -1.84. The van der Waals surface area contributed by atoms with E-state index in [4.69, 9.17) is 9.47 Å². The lowest BCUT2D eigenvalue weighted by atomic mass is 10.2. The minimum absolute atomic E-state index is 0.365. The van der Waals surface area contributed by atoms with E-state index in [9.17, 15) is 4.79 Å². The van der Waals surface area contributed by atoms with E-state index in [0.717, 1.165) is 11.3 Å². The van der Waals surface area contributed by atoms with Gasteiger partial charge in [0, 0.05) is 0 Å². The second kappa shape index (κ2) is 6.61. The van der Waals surface area contributed by atoms with E-state index in [2.05, 4.69) is 4.99 Å². The molecule has 0 fully saturated rings. The van der Waals surface area contributed by atoms with Gasteiger partial charge in [-0.25, -0.2) is 4.79 Å². The summed E-state index contributed by atoms with van der Waals surface area (Å²) in [5.41, 5.74) is 0.986. The molecule has 0 unspecified atom stereocenters. The number of hydrogen-bond acceptors (Lipinski definition) is 4. The van der Waals surface area contributed by atoms with Crippen LogP contribution in [0.2, 0.25) is 0 Å². The largest absolute Gasteiger partial charge is 0.497 e. The minimum atomic E-state index is -0.412. The Kier molecular flexibility index (Phi) is 5.05. The fourth-order valence-corrected chi connectivity index (χ4v) is 1.18. The third-order valence-corrected chi connectivity index (χ3v) is 1.89. The van der Waals surface area contributed by atoms with Crippen molar-refractivity contribution in [3.8, 4) is 5.75 Å². The molecule has 1 aromatic rings. The molecule has 0 heterocycles. The Morgan fingerprint density at radius 2 is 2.31 bits per heavy atom. The van der Waals surface area contributed by atoms with E-state index in [-0.39, 0.29) is 0 Å². The van der Waals surface area contributed by atoms with Crippen LogP contribution in [0.3, 0.4) is 0 Å². The molecule has 0 aliphatic rings. The standard InChI is InChI=1S/C12H15NO3/c1-3-16-12(14)9-13-8-10-5-4-6-11(7-10)15-2/h4-7,9H,3,8H2,1-2H3. The van der Waals surface area contributed by atoms with Crippen LogP contribution in [0.1, 0.15) is 12.5 Å². The zero-order chi connectivity index (χ0) is 11.8. The Balaban J connectivity index is 2.50. The van der Waals surface area contributed by atoms with Crippen LogP contribution in [0, 0.1) is 0 Å². The number of aliphatic imine (C=N–C) groups is 1. The highest BCUT2D eigenvalue weighted by atomic mass is 16.5. The first-order valence-corrected chi connectivity index (χ1v) is 5.05. The van der Waals surface area contributed by atoms with Crippen molar-refractivity contribution in [2.45, 2.75) is 13.5 Å². The van der Waals surface area contributed by atoms with Crippen molar-refractivity contribution in [3.05, 3.63) is 29.8 Å². The lowest BCUT2D eigenvalue weighted by Crippen LogP contribution is -2.04.